The Hall–Kier alpha value is -2.55. The number of halogens is 3. The van der Waals surface area contributed by atoms with Gasteiger partial charge in [0.1, 0.15) is 0 Å². The minimum Gasteiger partial charge on any atom is -0.384 e. The van der Waals surface area contributed by atoms with Crippen LogP contribution in [0, 0.1) is 6.92 Å². The van der Waals surface area contributed by atoms with Crippen LogP contribution in [0.15, 0.2) is 41.3 Å². The van der Waals surface area contributed by atoms with Crippen molar-refractivity contribution >= 4 is 27.1 Å². The molecular weight excluding hydrogens is 417 g/mol. The Morgan fingerprint density at radius 2 is 1.63 bits per heavy atom. The number of rotatable bonds is 5. The monoisotopic (exact) mass is 442 g/mol. The van der Waals surface area contributed by atoms with Gasteiger partial charge in [-0.2, -0.15) is 13.2 Å². The predicted molar refractivity (Wildman–Crippen MR) is 112 cm³/mol. The zero-order valence-corrected chi connectivity index (χ0v) is 18.3. The number of hydrogen-bond acceptors (Lipinski definition) is 4. The van der Waals surface area contributed by atoms with Gasteiger partial charge in [0.15, 0.2) is 0 Å². The van der Waals surface area contributed by atoms with Crippen LogP contribution in [0.5, 0.6) is 0 Å². The van der Waals surface area contributed by atoms with E-state index in [0.29, 0.717) is 17.8 Å². The molecule has 0 aromatic heterocycles. The molecule has 164 valence electrons. The summed E-state index contributed by atoms with van der Waals surface area (Å²) in [5, 5.41) is 5.44. The van der Waals surface area contributed by atoms with Gasteiger partial charge in [-0.05, 0) is 60.7 Å². The van der Waals surface area contributed by atoms with Crippen molar-refractivity contribution < 1.29 is 26.4 Å². The number of hydrogen-bond donors (Lipinski definition) is 2. The molecule has 0 aliphatic heterocycles. The summed E-state index contributed by atoms with van der Waals surface area (Å²) in [5.74, 6) is -0.554. The molecule has 0 aliphatic carbocycles. The maximum absolute atomic E-state index is 12.9. The van der Waals surface area contributed by atoms with Crippen molar-refractivity contribution in [1.82, 2.24) is 0 Å². The van der Waals surface area contributed by atoms with Gasteiger partial charge in [-0.1, -0.05) is 26.8 Å². The van der Waals surface area contributed by atoms with E-state index in [1.165, 1.54) is 6.07 Å². The fraction of sp³-hybridized carbons (Fsp3) is 0.381. The van der Waals surface area contributed by atoms with Crippen molar-refractivity contribution in [3.8, 4) is 0 Å². The minimum absolute atomic E-state index is 0.0509. The molecule has 0 bridgehead atoms. The van der Waals surface area contributed by atoms with Crippen molar-refractivity contribution in [3.05, 3.63) is 53.1 Å². The van der Waals surface area contributed by atoms with E-state index in [2.05, 4.69) is 10.6 Å². The topological polar surface area (TPSA) is 75.3 Å². The molecule has 30 heavy (non-hydrogen) atoms. The number of aryl methyl sites for hydroxylation is 1. The fourth-order valence-corrected chi connectivity index (χ4v) is 3.83. The molecule has 0 spiro atoms. The van der Waals surface area contributed by atoms with E-state index >= 15 is 0 Å². The molecule has 0 saturated carbocycles. The van der Waals surface area contributed by atoms with Crippen LogP contribution in [-0.2, 0) is 15.3 Å². The molecule has 5 nitrogen and oxygen atoms in total. The van der Waals surface area contributed by atoms with Crippen molar-refractivity contribution in [2.75, 3.05) is 17.2 Å². The lowest BCUT2D eigenvalue weighted by Gasteiger charge is -2.22. The summed E-state index contributed by atoms with van der Waals surface area (Å²) >= 11 is 0. The standard InChI is InChI=1S/C21H25F3N2O3S/c1-6-25-17-10-9-15(30(28,29)21(22,23)24)12-18(17)26-19(27)14-8-7-13(2)16(11-14)20(3,4)5/h7-12,25H,6H2,1-5H3,(H,26,27). The predicted octanol–water partition coefficient (Wildman–Crippen LogP) is 5.27. The first kappa shape index (κ1) is 23.7. The molecule has 0 atom stereocenters. The number of anilines is 2. The third kappa shape index (κ3) is 4.95. The molecule has 0 heterocycles. The molecule has 2 rings (SSSR count). The van der Waals surface area contributed by atoms with E-state index in [9.17, 15) is 26.4 Å². The first-order valence-corrected chi connectivity index (χ1v) is 10.8. The van der Waals surface area contributed by atoms with Gasteiger partial charge >= 0.3 is 5.51 Å². The number of nitrogens with one attached hydrogen (secondary N) is 2. The van der Waals surface area contributed by atoms with Gasteiger partial charge in [-0.25, -0.2) is 8.42 Å². The maximum Gasteiger partial charge on any atom is 0.501 e. The number of benzene rings is 2. The zero-order chi connectivity index (χ0) is 22.9. The summed E-state index contributed by atoms with van der Waals surface area (Å²) in [6.45, 7) is 10.1. The smallest absolute Gasteiger partial charge is 0.384 e. The van der Waals surface area contributed by atoms with E-state index in [4.69, 9.17) is 0 Å². The Kier molecular flexibility index (Phi) is 6.56. The van der Waals surface area contributed by atoms with Gasteiger partial charge in [0.05, 0.1) is 16.3 Å². The van der Waals surface area contributed by atoms with E-state index in [1.807, 2.05) is 27.7 Å². The maximum atomic E-state index is 12.9. The molecule has 9 heteroatoms. The van der Waals surface area contributed by atoms with Gasteiger partial charge < -0.3 is 10.6 Å². The van der Waals surface area contributed by atoms with Crippen molar-refractivity contribution in [2.24, 2.45) is 0 Å². The highest BCUT2D eigenvalue weighted by Gasteiger charge is 2.47. The summed E-state index contributed by atoms with van der Waals surface area (Å²) in [7, 11) is -5.54. The van der Waals surface area contributed by atoms with Crippen LogP contribution in [0.1, 0.15) is 49.2 Å². The molecule has 2 aromatic carbocycles. The van der Waals surface area contributed by atoms with Gasteiger partial charge in [-0.3, -0.25) is 4.79 Å². The largest absolute Gasteiger partial charge is 0.501 e. The summed E-state index contributed by atoms with van der Waals surface area (Å²) in [5.41, 5.74) is -3.11. The number of sulfone groups is 1. The Morgan fingerprint density at radius 3 is 2.17 bits per heavy atom. The van der Waals surface area contributed by atoms with E-state index < -0.39 is 26.1 Å². The molecule has 0 radical (unpaired) electrons. The minimum atomic E-state index is -5.54. The van der Waals surface area contributed by atoms with Crippen LogP contribution in [0.4, 0.5) is 24.5 Å². The summed E-state index contributed by atoms with van der Waals surface area (Å²) in [6.07, 6.45) is 0. The van der Waals surface area contributed by atoms with Gasteiger partial charge in [0, 0.05) is 12.1 Å². The second-order valence-corrected chi connectivity index (χ2v) is 9.86. The fourth-order valence-electron chi connectivity index (χ4n) is 3.04. The van der Waals surface area contributed by atoms with Crippen LogP contribution in [0.3, 0.4) is 0 Å². The van der Waals surface area contributed by atoms with Crippen LogP contribution in [0.2, 0.25) is 0 Å². The normalized spacial score (nSPS) is 12.5. The van der Waals surface area contributed by atoms with Crippen LogP contribution < -0.4 is 10.6 Å². The Balaban J connectivity index is 2.49. The third-order valence-electron chi connectivity index (χ3n) is 4.53. The highest BCUT2D eigenvalue weighted by atomic mass is 32.2. The average molecular weight is 443 g/mol. The van der Waals surface area contributed by atoms with E-state index in [1.54, 1.807) is 25.1 Å². The van der Waals surface area contributed by atoms with Crippen LogP contribution in [0.25, 0.3) is 0 Å². The number of carbonyl (C=O) groups is 1. The Bertz CT molecular complexity index is 1060. The first-order valence-electron chi connectivity index (χ1n) is 9.30. The average Bonchev–Trinajstić information content (AvgIpc) is 2.61. The summed E-state index contributed by atoms with van der Waals surface area (Å²) in [4.78, 5) is 11.9. The third-order valence-corrected chi connectivity index (χ3v) is 6.01. The highest BCUT2D eigenvalue weighted by Crippen LogP contribution is 2.34. The van der Waals surface area contributed by atoms with Crippen molar-refractivity contribution in [3.63, 3.8) is 0 Å². The van der Waals surface area contributed by atoms with Crippen molar-refractivity contribution in [2.45, 2.75) is 50.4 Å². The molecule has 1 amide bonds. The summed E-state index contributed by atoms with van der Waals surface area (Å²) < 4.78 is 62.3. The number of alkyl halides is 3. The summed E-state index contributed by atoms with van der Waals surface area (Å²) in [6, 6.07) is 8.02. The number of carbonyl (C=O) groups excluding carboxylic acids is 1. The van der Waals surface area contributed by atoms with E-state index in [0.717, 1.165) is 23.3 Å². The Morgan fingerprint density at radius 1 is 1.00 bits per heavy atom. The second-order valence-electron chi connectivity index (χ2n) is 7.92. The lowest BCUT2D eigenvalue weighted by molar-refractivity contribution is -0.0436. The lowest BCUT2D eigenvalue weighted by Crippen LogP contribution is -2.23. The molecule has 2 N–H and O–H groups in total. The van der Waals surface area contributed by atoms with Crippen molar-refractivity contribution in [1.29, 1.82) is 0 Å². The van der Waals surface area contributed by atoms with Gasteiger partial charge in [-0.15, -0.1) is 0 Å². The highest BCUT2D eigenvalue weighted by molar-refractivity contribution is 7.92. The molecule has 2 aromatic rings. The first-order chi connectivity index (χ1) is 13.7. The molecule has 0 saturated heterocycles. The van der Waals surface area contributed by atoms with Gasteiger partial charge in [0.2, 0.25) is 0 Å². The van der Waals surface area contributed by atoms with E-state index in [-0.39, 0.29) is 11.1 Å². The quantitative estimate of drug-likeness (QED) is 0.662. The molecule has 0 aliphatic rings. The molecule has 0 unspecified atom stereocenters. The Labute approximate surface area is 174 Å². The van der Waals surface area contributed by atoms with Gasteiger partial charge in [0.25, 0.3) is 15.7 Å². The van der Waals surface area contributed by atoms with Crippen LogP contribution >= 0.6 is 0 Å². The SMILES string of the molecule is CCNc1ccc(S(=O)(=O)C(F)(F)F)cc1NC(=O)c1ccc(C)c(C(C)(C)C)c1. The molecule has 0 fully saturated rings. The van der Waals surface area contributed by atoms with Crippen LogP contribution in [-0.4, -0.2) is 26.4 Å². The molecular formula is C21H25F3N2O3S. The zero-order valence-electron chi connectivity index (χ0n) is 17.4. The lowest BCUT2D eigenvalue weighted by atomic mass is 9.83. The number of amides is 1. The second kappa shape index (κ2) is 8.29.